The number of halogens is 1. The van der Waals surface area contributed by atoms with Crippen molar-refractivity contribution in [1.29, 1.82) is 0 Å². The Morgan fingerprint density at radius 3 is 2.25 bits per heavy atom. The Balaban J connectivity index is 0.00000225. The Morgan fingerprint density at radius 2 is 1.81 bits per heavy atom. The Morgan fingerprint density at radius 1 is 1.25 bits per heavy atom. The van der Waals surface area contributed by atoms with Crippen molar-refractivity contribution in [2.24, 2.45) is 17.6 Å². The zero-order valence-corrected chi connectivity index (χ0v) is 9.96. The summed E-state index contributed by atoms with van der Waals surface area (Å²) < 4.78 is 0. The van der Waals surface area contributed by atoms with E-state index in [1.165, 1.54) is 0 Å². The van der Waals surface area contributed by atoms with E-state index in [0.717, 1.165) is 25.7 Å². The average molecular weight is 251 g/mol. The molecule has 0 saturated heterocycles. The minimum absolute atomic E-state index is 0. The summed E-state index contributed by atoms with van der Waals surface area (Å²) in [5, 5.41) is 10.8. The molecule has 1 fully saturated rings. The van der Waals surface area contributed by atoms with E-state index in [4.69, 9.17) is 10.8 Å². The van der Waals surface area contributed by atoms with Gasteiger partial charge in [-0.1, -0.05) is 0 Å². The van der Waals surface area contributed by atoms with Crippen molar-refractivity contribution in [3.8, 4) is 0 Å². The zero-order valence-electron chi connectivity index (χ0n) is 9.15. The van der Waals surface area contributed by atoms with Gasteiger partial charge in [0.05, 0.1) is 0 Å². The maximum Gasteiger partial charge on any atom is 0.322 e. The van der Waals surface area contributed by atoms with E-state index >= 15 is 0 Å². The van der Waals surface area contributed by atoms with Gasteiger partial charge in [-0.3, -0.25) is 9.59 Å². The summed E-state index contributed by atoms with van der Waals surface area (Å²) in [4.78, 5) is 21.7. The SMILES string of the molecule is Cl.NCC1CCC(C(=O)NCC(=O)O)CC1. The molecule has 4 N–H and O–H groups in total. The van der Waals surface area contributed by atoms with Gasteiger partial charge in [0.1, 0.15) is 6.54 Å². The second-order valence-corrected chi connectivity index (χ2v) is 4.06. The summed E-state index contributed by atoms with van der Waals surface area (Å²) in [6.07, 6.45) is 3.60. The number of carbonyl (C=O) groups excluding carboxylic acids is 1. The molecule has 0 spiro atoms. The van der Waals surface area contributed by atoms with E-state index in [1.54, 1.807) is 0 Å². The van der Waals surface area contributed by atoms with Gasteiger partial charge in [0.15, 0.2) is 0 Å². The normalized spacial score (nSPS) is 24.3. The molecule has 6 heteroatoms. The lowest BCUT2D eigenvalue weighted by Crippen LogP contribution is -2.36. The summed E-state index contributed by atoms with van der Waals surface area (Å²) in [7, 11) is 0. The molecule has 0 atom stereocenters. The van der Waals surface area contributed by atoms with Gasteiger partial charge in [0.25, 0.3) is 0 Å². The topological polar surface area (TPSA) is 92.4 Å². The van der Waals surface area contributed by atoms with Crippen LogP contribution in [0.4, 0.5) is 0 Å². The van der Waals surface area contributed by atoms with E-state index in [1.807, 2.05) is 0 Å². The molecule has 1 aliphatic rings. The van der Waals surface area contributed by atoms with Crippen LogP contribution in [0, 0.1) is 11.8 Å². The highest BCUT2D eigenvalue weighted by Crippen LogP contribution is 2.27. The molecule has 5 nitrogen and oxygen atoms in total. The van der Waals surface area contributed by atoms with Crippen LogP contribution in [0.15, 0.2) is 0 Å². The summed E-state index contributed by atoms with van der Waals surface area (Å²) in [5.41, 5.74) is 5.54. The third-order valence-corrected chi connectivity index (χ3v) is 2.96. The largest absolute Gasteiger partial charge is 0.480 e. The van der Waals surface area contributed by atoms with Crippen LogP contribution in [0.2, 0.25) is 0 Å². The van der Waals surface area contributed by atoms with Crippen LogP contribution in [-0.2, 0) is 9.59 Å². The van der Waals surface area contributed by atoms with Gasteiger partial charge in [-0.05, 0) is 38.1 Å². The fourth-order valence-corrected chi connectivity index (χ4v) is 1.97. The number of nitrogens with two attached hydrogens (primary N) is 1. The molecule has 94 valence electrons. The average Bonchev–Trinajstić information content (AvgIpc) is 2.26. The molecule has 0 radical (unpaired) electrons. The van der Waals surface area contributed by atoms with Crippen LogP contribution in [0.25, 0.3) is 0 Å². The molecule has 16 heavy (non-hydrogen) atoms. The highest BCUT2D eigenvalue weighted by molar-refractivity contribution is 5.85. The van der Waals surface area contributed by atoms with E-state index in [2.05, 4.69) is 5.32 Å². The summed E-state index contributed by atoms with van der Waals surface area (Å²) in [6, 6.07) is 0. The first kappa shape index (κ1) is 15.2. The first-order valence-corrected chi connectivity index (χ1v) is 5.33. The molecule has 0 aliphatic heterocycles. The van der Waals surface area contributed by atoms with Gasteiger partial charge >= 0.3 is 5.97 Å². The number of aliphatic carboxylic acids is 1. The summed E-state index contributed by atoms with van der Waals surface area (Å²) in [5.74, 6) is -0.618. The fraction of sp³-hybridized carbons (Fsp3) is 0.800. The third-order valence-electron chi connectivity index (χ3n) is 2.96. The Bertz CT molecular complexity index is 240. The maximum atomic E-state index is 11.5. The monoisotopic (exact) mass is 250 g/mol. The van der Waals surface area contributed by atoms with Crippen LogP contribution in [0.5, 0.6) is 0 Å². The molecule has 0 bridgehead atoms. The van der Waals surface area contributed by atoms with Crippen molar-refractivity contribution >= 4 is 24.3 Å². The van der Waals surface area contributed by atoms with Crippen molar-refractivity contribution < 1.29 is 14.7 Å². The Labute approximate surface area is 101 Å². The van der Waals surface area contributed by atoms with Crippen LogP contribution >= 0.6 is 12.4 Å². The second kappa shape index (κ2) is 7.46. The van der Waals surface area contributed by atoms with Crippen molar-refractivity contribution in [2.75, 3.05) is 13.1 Å². The molecule has 0 aromatic heterocycles. The van der Waals surface area contributed by atoms with Crippen molar-refractivity contribution in [1.82, 2.24) is 5.32 Å². The number of hydrogen-bond donors (Lipinski definition) is 3. The summed E-state index contributed by atoms with van der Waals surface area (Å²) in [6.45, 7) is 0.402. The zero-order chi connectivity index (χ0) is 11.3. The number of carboxylic acid groups (broad SMARTS) is 1. The molecule has 1 aliphatic carbocycles. The second-order valence-electron chi connectivity index (χ2n) is 4.06. The quantitative estimate of drug-likeness (QED) is 0.672. The highest BCUT2D eigenvalue weighted by atomic mass is 35.5. The number of amides is 1. The highest BCUT2D eigenvalue weighted by Gasteiger charge is 2.25. The van der Waals surface area contributed by atoms with E-state index < -0.39 is 5.97 Å². The Kier molecular flexibility index (Phi) is 7.08. The van der Waals surface area contributed by atoms with Crippen molar-refractivity contribution in [3.05, 3.63) is 0 Å². The van der Waals surface area contributed by atoms with Crippen molar-refractivity contribution in [2.45, 2.75) is 25.7 Å². The van der Waals surface area contributed by atoms with E-state index in [0.29, 0.717) is 12.5 Å². The number of rotatable bonds is 4. The molecular formula is C10H19ClN2O3. The molecule has 1 saturated carbocycles. The lowest BCUT2D eigenvalue weighted by atomic mass is 9.81. The standard InChI is InChI=1S/C10H18N2O3.ClH/c11-5-7-1-3-8(4-2-7)10(15)12-6-9(13)14;/h7-8H,1-6,11H2,(H,12,15)(H,13,14);1H. The molecule has 1 amide bonds. The minimum Gasteiger partial charge on any atom is -0.480 e. The maximum absolute atomic E-state index is 11.5. The van der Waals surface area contributed by atoms with E-state index in [-0.39, 0.29) is 30.8 Å². The van der Waals surface area contributed by atoms with Crippen LogP contribution in [0.1, 0.15) is 25.7 Å². The lowest BCUT2D eigenvalue weighted by Gasteiger charge is -2.26. The minimum atomic E-state index is -1.00. The Hall–Kier alpha value is -0.810. The summed E-state index contributed by atoms with van der Waals surface area (Å²) >= 11 is 0. The number of carbonyl (C=O) groups is 2. The molecule has 0 aromatic carbocycles. The first-order chi connectivity index (χ1) is 7.13. The van der Waals surface area contributed by atoms with Gasteiger partial charge in [-0.25, -0.2) is 0 Å². The van der Waals surface area contributed by atoms with Crippen LogP contribution in [0.3, 0.4) is 0 Å². The van der Waals surface area contributed by atoms with Crippen LogP contribution in [-0.4, -0.2) is 30.1 Å². The lowest BCUT2D eigenvalue weighted by molar-refractivity contribution is -0.138. The number of nitrogens with one attached hydrogen (secondary N) is 1. The smallest absolute Gasteiger partial charge is 0.322 e. The predicted molar refractivity (Wildman–Crippen MR) is 62.4 cm³/mol. The van der Waals surface area contributed by atoms with Gasteiger partial charge < -0.3 is 16.2 Å². The van der Waals surface area contributed by atoms with Crippen LogP contribution < -0.4 is 11.1 Å². The van der Waals surface area contributed by atoms with Gasteiger partial charge in [-0.2, -0.15) is 0 Å². The van der Waals surface area contributed by atoms with E-state index in [9.17, 15) is 9.59 Å². The predicted octanol–water partition coefficient (Wildman–Crippen LogP) is 0.374. The molecule has 0 heterocycles. The fourth-order valence-electron chi connectivity index (χ4n) is 1.97. The third kappa shape index (κ3) is 4.81. The number of carboxylic acids is 1. The molecule has 0 aromatic rings. The molecule has 0 unspecified atom stereocenters. The first-order valence-electron chi connectivity index (χ1n) is 5.33. The number of hydrogen-bond acceptors (Lipinski definition) is 3. The van der Waals surface area contributed by atoms with Gasteiger partial charge in [-0.15, -0.1) is 12.4 Å². The van der Waals surface area contributed by atoms with Gasteiger partial charge in [0.2, 0.25) is 5.91 Å². The van der Waals surface area contributed by atoms with Gasteiger partial charge in [0, 0.05) is 5.92 Å². The molecule has 1 rings (SSSR count). The molecular weight excluding hydrogens is 232 g/mol. The van der Waals surface area contributed by atoms with Crippen molar-refractivity contribution in [3.63, 3.8) is 0 Å².